The van der Waals surface area contributed by atoms with E-state index in [-0.39, 0.29) is 5.75 Å². The first-order valence-corrected chi connectivity index (χ1v) is 8.68. The molecule has 0 amide bonds. The summed E-state index contributed by atoms with van der Waals surface area (Å²) in [6.45, 7) is 5.82. The van der Waals surface area contributed by atoms with Crippen molar-refractivity contribution in [3.63, 3.8) is 0 Å². The molecule has 4 nitrogen and oxygen atoms in total. The van der Waals surface area contributed by atoms with Gasteiger partial charge in [-0.1, -0.05) is 30.8 Å². The standard InChI is InChI=1S/C23H20N2O2/c1-14(2)18-10-15(8-9-21(18)26)16-11-19-20(13-25-23(19)24-12-16)17-6-4-5-7-22(17)27-3/h4-13,26H,1H2,2-3H3,(H,24,25). The Bertz CT molecular complexity index is 1160. The molecule has 0 aliphatic heterocycles. The fourth-order valence-corrected chi connectivity index (χ4v) is 3.31. The normalized spacial score (nSPS) is 10.9. The van der Waals surface area contributed by atoms with E-state index in [1.165, 1.54) is 0 Å². The number of para-hydroxylation sites is 1. The van der Waals surface area contributed by atoms with Crippen molar-refractivity contribution < 1.29 is 9.84 Å². The van der Waals surface area contributed by atoms with E-state index in [2.05, 4.69) is 22.6 Å². The lowest BCUT2D eigenvalue weighted by Crippen LogP contribution is -1.88. The van der Waals surface area contributed by atoms with Crippen LogP contribution in [0.5, 0.6) is 11.5 Å². The van der Waals surface area contributed by atoms with Crippen LogP contribution in [-0.4, -0.2) is 22.2 Å². The second kappa shape index (κ2) is 6.65. The zero-order valence-corrected chi connectivity index (χ0v) is 15.3. The Hall–Kier alpha value is -3.53. The van der Waals surface area contributed by atoms with Gasteiger partial charge in [-0.25, -0.2) is 4.98 Å². The van der Waals surface area contributed by atoms with Crippen LogP contribution in [-0.2, 0) is 0 Å². The minimum absolute atomic E-state index is 0.233. The van der Waals surface area contributed by atoms with E-state index >= 15 is 0 Å². The molecular formula is C23H20N2O2. The summed E-state index contributed by atoms with van der Waals surface area (Å²) in [6, 6.07) is 15.6. The first-order valence-electron chi connectivity index (χ1n) is 8.68. The highest BCUT2D eigenvalue weighted by atomic mass is 16.5. The number of aromatic amines is 1. The number of H-pyrrole nitrogens is 1. The van der Waals surface area contributed by atoms with Crippen LogP contribution >= 0.6 is 0 Å². The molecule has 2 N–H and O–H groups in total. The fourth-order valence-electron chi connectivity index (χ4n) is 3.31. The predicted molar refractivity (Wildman–Crippen MR) is 110 cm³/mol. The van der Waals surface area contributed by atoms with Gasteiger partial charge in [-0.05, 0) is 42.3 Å². The number of phenols is 1. The quantitative estimate of drug-likeness (QED) is 0.497. The van der Waals surface area contributed by atoms with Gasteiger partial charge in [-0.2, -0.15) is 0 Å². The number of nitrogens with zero attached hydrogens (tertiary/aromatic N) is 1. The topological polar surface area (TPSA) is 58.1 Å². The molecule has 2 aromatic heterocycles. The SMILES string of the molecule is C=C(C)c1cc(-c2cnc3[nH]cc(-c4ccccc4OC)c3c2)ccc1O. The zero-order chi connectivity index (χ0) is 19.0. The summed E-state index contributed by atoms with van der Waals surface area (Å²) < 4.78 is 5.52. The average molecular weight is 356 g/mol. The number of aromatic hydroxyl groups is 1. The fraction of sp³-hybridized carbons (Fsp3) is 0.0870. The molecule has 0 unspecified atom stereocenters. The molecule has 2 aromatic carbocycles. The number of hydrogen-bond donors (Lipinski definition) is 2. The number of pyridine rings is 1. The van der Waals surface area contributed by atoms with Crippen LogP contribution in [0.3, 0.4) is 0 Å². The molecule has 0 spiro atoms. The number of allylic oxidation sites excluding steroid dienone is 1. The van der Waals surface area contributed by atoms with Gasteiger partial charge in [0.25, 0.3) is 0 Å². The molecule has 4 rings (SSSR count). The van der Waals surface area contributed by atoms with Gasteiger partial charge in [0.1, 0.15) is 17.1 Å². The zero-order valence-electron chi connectivity index (χ0n) is 15.3. The largest absolute Gasteiger partial charge is 0.507 e. The molecule has 0 atom stereocenters. The smallest absolute Gasteiger partial charge is 0.137 e. The van der Waals surface area contributed by atoms with E-state index in [1.807, 2.05) is 55.7 Å². The highest BCUT2D eigenvalue weighted by molar-refractivity contribution is 5.97. The number of hydrogen-bond acceptors (Lipinski definition) is 3. The molecule has 0 bridgehead atoms. The van der Waals surface area contributed by atoms with Crippen molar-refractivity contribution >= 4 is 16.6 Å². The van der Waals surface area contributed by atoms with Crippen LogP contribution in [0.4, 0.5) is 0 Å². The van der Waals surface area contributed by atoms with Gasteiger partial charge in [0.05, 0.1) is 7.11 Å². The lowest BCUT2D eigenvalue weighted by atomic mass is 9.98. The van der Waals surface area contributed by atoms with Crippen LogP contribution in [0, 0.1) is 0 Å². The lowest BCUT2D eigenvalue weighted by Gasteiger charge is -2.09. The van der Waals surface area contributed by atoms with Crippen molar-refractivity contribution in [2.45, 2.75) is 6.92 Å². The van der Waals surface area contributed by atoms with Crippen molar-refractivity contribution in [3.8, 4) is 33.8 Å². The monoisotopic (exact) mass is 356 g/mol. The maximum absolute atomic E-state index is 10.0. The van der Waals surface area contributed by atoms with Crippen LogP contribution < -0.4 is 4.74 Å². The summed E-state index contributed by atoms with van der Waals surface area (Å²) in [7, 11) is 1.67. The van der Waals surface area contributed by atoms with Crippen LogP contribution in [0.1, 0.15) is 12.5 Å². The second-order valence-electron chi connectivity index (χ2n) is 6.54. The van der Waals surface area contributed by atoms with E-state index in [0.717, 1.165) is 50.2 Å². The summed E-state index contributed by atoms with van der Waals surface area (Å²) in [6.07, 6.45) is 3.79. The van der Waals surface area contributed by atoms with Gasteiger partial charge in [0, 0.05) is 40.0 Å². The first kappa shape index (κ1) is 16.9. The molecular weight excluding hydrogens is 336 g/mol. The molecule has 27 heavy (non-hydrogen) atoms. The molecule has 0 radical (unpaired) electrons. The molecule has 0 aliphatic carbocycles. The Morgan fingerprint density at radius 2 is 1.89 bits per heavy atom. The summed E-state index contributed by atoms with van der Waals surface area (Å²) in [5, 5.41) is 11.1. The number of rotatable bonds is 4. The second-order valence-corrected chi connectivity index (χ2v) is 6.54. The Kier molecular flexibility index (Phi) is 4.16. The summed E-state index contributed by atoms with van der Waals surface area (Å²) in [4.78, 5) is 7.81. The third-order valence-electron chi connectivity index (χ3n) is 4.72. The number of fused-ring (bicyclic) bond motifs is 1. The van der Waals surface area contributed by atoms with Gasteiger partial charge in [-0.3, -0.25) is 0 Å². The molecule has 2 heterocycles. The Balaban J connectivity index is 1.88. The Morgan fingerprint density at radius 1 is 1.07 bits per heavy atom. The third kappa shape index (κ3) is 2.95. The number of methoxy groups -OCH3 is 1. The molecule has 0 saturated heterocycles. The molecule has 4 aromatic rings. The number of ether oxygens (including phenoxy) is 1. The van der Waals surface area contributed by atoms with Crippen molar-refractivity contribution in [1.82, 2.24) is 9.97 Å². The molecule has 0 fully saturated rings. The van der Waals surface area contributed by atoms with Crippen LogP contribution in [0.15, 0.2) is 67.5 Å². The number of benzene rings is 2. The minimum atomic E-state index is 0.233. The highest BCUT2D eigenvalue weighted by Gasteiger charge is 2.13. The van der Waals surface area contributed by atoms with Gasteiger partial charge < -0.3 is 14.8 Å². The van der Waals surface area contributed by atoms with Gasteiger partial charge in [0.15, 0.2) is 0 Å². The van der Waals surface area contributed by atoms with Crippen LogP contribution in [0.2, 0.25) is 0 Å². The van der Waals surface area contributed by atoms with Crippen LogP contribution in [0.25, 0.3) is 38.9 Å². The van der Waals surface area contributed by atoms with Gasteiger partial charge >= 0.3 is 0 Å². The molecule has 4 heteroatoms. The van der Waals surface area contributed by atoms with Crippen molar-refractivity contribution in [1.29, 1.82) is 0 Å². The van der Waals surface area contributed by atoms with E-state index in [1.54, 1.807) is 13.2 Å². The lowest BCUT2D eigenvalue weighted by molar-refractivity contribution is 0.416. The maximum Gasteiger partial charge on any atom is 0.137 e. The molecule has 0 aliphatic rings. The van der Waals surface area contributed by atoms with Crippen molar-refractivity contribution in [2.75, 3.05) is 7.11 Å². The summed E-state index contributed by atoms with van der Waals surface area (Å²) in [5.41, 5.74) is 6.38. The maximum atomic E-state index is 10.0. The van der Waals surface area contributed by atoms with E-state index in [9.17, 15) is 5.11 Å². The Labute approximate surface area is 157 Å². The van der Waals surface area contributed by atoms with E-state index in [0.29, 0.717) is 0 Å². The van der Waals surface area contributed by atoms with Gasteiger partial charge in [0.2, 0.25) is 0 Å². The number of nitrogens with one attached hydrogen (secondary N) is 1. The van der Waals surface area contributed by atoms with E-state index < -0.39 is 0 Å². The number of phenolic OH excluding ortho intramolecular Hbond substituents is 1. The molecule has 0 saturated carbocycles. The highest BCUT2D eigenvalue weighted by Crippen LogP contribution is 2.36. The van der Waals surface area contributed by atoms with Crippen molar-refractivity contribution in [3.05, 3.63) is 73.1 Å². The number of aromatic nitrogens is 2. The van der Waals surface area contributed by atoms with Crippen molar-refractivity contribution in [2.24, 2.45) is 0 Å². The van der Waals surface area contributed by atoms with Gasteiger partial charge in [-0.15, -0.1) is 0 Å². The average Bonchev–Trinajstić information content (AvgIpc) is 3.11. The summed E-state index contributed by atoms with van der Waals surface area (Å²) >= 11 is 0. The summed E-state index contributed by atoms with van der Waals surface area (Å²) in [5.74, 6) is 1.05. The Morgan fingerprint density at radius 3 is 2.67 bits per heavy atom. The minimum Gasteiger partial charge on any atom is -0.507 e. The first-order chi connectivity index (χ1) is 13.1. The third-order valence-corrected chi connectivity index (χ3v) is 4.72. The van der Waals surface area contributed by atoms with E-state index in [4.69, 9.17) is 4.74 Å². The predicted octanol–water partition coefficient (Wildman–Crippen LogP) is 5.64. The molecule has 134 valence electrons.